The van der Waals surface area contributed by atoms with Gasteiger partial charge in [-0.1, -0.05) is 58.6 Å². The highest BCUT2D eigenvalue weighted by atomic mass is 79.9. The number of aryl methyl sites for hydroxylation is 1. The van der Waals surface area contributed by atoms with E-state index in [4.69, 9.17) is 0 Å². The van der Waals surface area contributed by atoms with Crippen LogP contribution in [-0.2, 0) is 16.1 Å². The Morgan fingerprint density at radius 2 is 1.73 bits per heavy atom. The lowest BCUT2D eigenvalue weighted by Gasteiger charge is -2.29. The number of hydrogen-bond acceptors (Lipinski definition) is 3. The average molecular weight is 489 g/mol. The normalized spacial score (nSPS) is 15.0. The minimum atomic E-state index is -0.514. The SMILES string of the molecule is Cc1ccc(SCC(=O)N(Cc2ccc(Br)cc2)[C@H](C)C(=O)NC2CCCC2)cc1. The number of nitrogens with zero attached hydrogens (tertiary/aromatic N) is 1. The highest BCUT2D eigenvalue weighted by molar-refractivity contribution is 9.10. The van der Waals surface area contributed by atoms with Crippen LogP contribution in [-0.4, -0.2) is 34.6 Å². The van der Waals surface area contributed by atoms with Crippen molar-refractivity contribution in [3.8, 4) is 0 Å². The molecule has 0 radical (unpaired) electrons. The Morgan fingerprint density at radius 3 is 2.37 bits per heavy atom. The molecule has 2 aromatic rings. The van der Waals surface area contributed by atoms with Gasteiger partial charge in [-0.25, -0.2) is 0 Å². The minimum Gasteiger partial charge on any atom is -0.352 e. The van der Waals surface area contributed by atoms with E-state index in [2.05, 4.69) is 21.2 Å². The van der Waals surface area contributed by atoms with E-state index in [9.17, 15) is 9.59 Å². The Morgan fingerprint density at radius 1 is 1.10 bits per heavy atom. The predicted octanol–water partition coefficient (Wildman–Crippen LogP) is 5.33. The van der Waals surface area contributed by atoms with Crippen LogP contribution in [0.1, 0.15) is 43.7 Å². The van der Waals surface area contributed by atoms with Gasteiger partial charge >= 0.3 is 0 Å². The van der Waals surface area contributed by atoms with Crippen molar-refractivity contribution < 1.29 is 9.59 Å². The molecule has 1 aliphatic carbocycles. The van der Waals surface area contributed by atoms with Gasteiger partial charge < -0.3 is 10.2 Å². The van der Waals surface area contributed by atoms with Gasteiger partial charge in [-0.05, 0) is 56.5 Å². The van der Waals surface area contributed by atoms with Crippen LogP contribution in [0.5, 0.6) is 0 Å². The Balaban J connectivity index is 1.69. The summed E-state index contributed by atoms with van der Waals surface area (Å²) in [5, 5.41) is 3.14. The first-order valence-electron chi connectivity index (χ1n) is 10.5. The quantitative estimate of drug-likeness (QED) is 0.511. The third-order valence-electron chi connectivity index (χ3n) is 5.52. The van der Waals surface area contributed by atoms with E-state index in [0.717, 1.165) is 40.6 Å². The van der Waals surface area contributed by atoms with E-state index >= 15 is 0 Å². The maximum absolute atomic E-state index is 13.2. The fraction of sp³-hybridized carbons (Fsp3) is 0.417. The van der Waals surface area contributed by atoms with Crippen LogP contribution < -0.4 is 5.32 Å². The van der Waals surface area contributed by atoms with Crippen molar-refractivity contribution in [3.05, 3.63) is 64.1 Å². The zero-order valence-corrected chi connectivity index (χ0v) is 20.0. The van der Waals surface area contributed by atoms with E-state index in [0.29, 0.717) is 12.3 Å². The number of thioether (sulfide) groups is 1. The van der Waals surface area contributed by atoms with Crippen molar-refractivity contribution in [3.63, 3.8) is 0 Å². The Labute approximate surface area is 191 Å². The topological polar surface area (TPSA) is 49.4 Å². The van der Waals surface area contributed by atoms with Crippen LogP contribution in [0.2, 0.25) is 0 Å². The number of carbonyl (C=O) groups excluding carboxylic acids is 2. The molecule has 0 saturated heterocycles. The number of rotatable bonds is 8. The Bertz CT molecular complexity index is 849. The van der Waals surface area contributed by atoms with Crippen molar-refractivity contribution in [1.82, 2.24) is 10.2 Å². The summed E-state index contributed by atoms with van der Waals surface area (Å²) < 4.78 is 0.992. The zero-order valence-electron chi connectivity index (χ0n) is 17.6. The van der Waals surface area contributed by atoms with Gasteiger partial charge in [-0.15, -0.1) is 11.8 Å². The van der Waals surface area contributed by atoms with Crippen LogP contribution >= 0.6 is 27.7 Å². The molecule has 1 fully saturated rings. The monoisotopic (exact) mass is 488 g/mol. The first kappa shape index (κ1) is 22.9. The summed E-state index contributed by atoms with van der Waals surface area (Å²) in [6.45, 7) is 4.29. The zero-order chi connectivity index (χ0) is 21.5. The molecule has 0 bridgehead atoms. The molecule has 2 amide bonds. The lowest BCUT2D eigenvalue weighted by atomic mass is 10.1. The molecule has 0 spiro atoms. The molecule has 6 heteroatoms. The number of benzene rings is 2. The lowest BCUT2D eigenvalue weighted by Crippen LogP contribution is -2.50. The molecule has 2 aromatic carbocycles. The van der Waals surface area contributed by atoms with E-state index in [1.165, 1.54) is 17.3 Å². The number of amides is 2. The fourth-order valence-corrected chi connectivity index (χ4v) is 4.67. The van der Waals surface area contributed by atoms with Crippen molar-refractivity contribution in [2.24, 2.45) is 0 Å². The molecule has 1 aliphatic rings. The minimum absolute atomic E-state index is 0.0300. The molecule has 0 heterocycles. The largest absolute Gasteiger partial charge is 0.352 e. The van der Waals surface area contributed by atoms with Gasteiger partial charge in [0, 0.05) is 22.0 Å². The van der Waals surface area contributed by atoms with Crippen LogP contribution in [0, 0.1) is 6.92 Å². The summed E-state index contributed by atoms with van der Waals surface area (Å²) in [5.74, 6) is 0.214. The van der Waals surface area contributed by atoms with Crippen LogP contribution in [0.25, 0.3) is 0 Å². The average Bonchev–Trinajstić information content (AvgIpc) is 3.25. The number of halogens is 1. The van der Waals surface area contributed by atoms with Crippen molar-refractivity contribution in [2.45, 2.75) is 63.1 Å². The van der Waals surface area contributed by atoms with Crippen LogP contribution in [0.15, 0.2) is 57.9 Å². The van der Waals surface area contributed by atoms with Gasteiger partial charge in [0.25, 0.3) is 0 Å². The molecule has 0 unspecified atom stereocenters. The summed E-state index contributed by atoms with van der Waals surface area (Å²) >= 11 is 4.96. The Hall–Kier alpha value is -1.79. The fourth-order valence-electron chi connectivity index (χ4n) is 3.62. The standard InChI is InChI=1S/C24H29BrN2O2S/c1-17-7-13-22(14-8-17)30-16-23(28)27(15-19-9-11-20(25)12-10-19)18(2)24(29)26-21-5-3-4-6-21/h7-14,18,21H,3-6,15-16H2,1-2H3,(H,26,29)/t18-/m1/s1. The molecule has 0 aromatic heterocycles. The highest BCUT2D eigenvalue weighted by Gasteiger charge is 2.28. The number of hydrogen-bond donors (Lipinski definition) is 1. The molecule has 1 N–H and O–H groups in total. The van der Waals surface area contributed by atoms with E-state index in [1.807, 2.05) is 62.4 Å². The van der Waals surface area contributed by atoms with Gasteiger partial charge in [-0.3, -0.25) is 9.59 Å². The van der Waals surface area contributed by atoms with Gasteiger partial charge in [0.05, 0.1) is 5.75 Å². The first-order valence-corrected chi connectivity index (χ1v) is 12.2. The van der Waals surface area contributed by atoms with Crippen molar-refractivity contribution in [2.75, 3.05) is 5.75 Å². The second kappa shape index (κ2) is 11.0. The van der Waals surface area contributed by atoms with Gasteiger partial charge in [-0.2, -0.15) is 0 Å². The second-order valence-corrected chi connectivity index (χ2v) is 9.88. The van der Waals surface area contributed by atoms with Gasteiger partial charge in [0.1, 0.15) is 6.04 Å². The molecule has 160 valence electrons. The molecule has 0 aliphatic heterocycles. The van der Waals surface area contributed by atoms with E-state index < -0.39 is 6.04 Å². The maximum atomic E-state index is 13.2. The molecule has 4 nitrogen and oxygen atoms in total. The Kier molecular flexibility index (Phi) is 8.40. The summed E-state index contributed by atoms with van der Waals surface area (Å²) in [6.07, 6.45) is 4.38. The van der Waals surface area contributed by atoms with E-state index in [1.54, 1.807) is 4.90 Å². The van der Waals surface area contributed by atoms with Crippen molar-refractivity contribution >= 4 is 39.5 Å². The third-order valence-corrected chi connectivity index (χ3v) is 7.04. The maximum Gasteiger partial charge on any atom is 0.242 e. The van der Waals surface area contributed by atoms with Crippen LogP contribution in [0.4, 0.5) is 0 Å². The highest BCUT2D eigenvalue weighted by Crippen LogP contribution is 2.22. The smallest absolute Gasteiger partial charge is 0.242 e. The predicted molar refractivity (Wildman–Crippen MR) is 126 cm³/mol. The summed E-state index contributed by atoms with van der Waals surface area (Å²) in [5.41, 5.74) is 2.20. The molecule has 3 rings (SSSR count). The molecular weight excluding hydrogens is 460 g/mol. The van der Waals surface area contributed by atoms with Crippen molar-refractivity contribution in [1.29, 1.82) is 0 Å². The summed E-state index contributed by atoms with van der Waals surface area (Å²) in [7, 11) is 0. The molecular formula is C24H29BrN2O2S. The van der Waals surface area contributed by atoms with Gasteiger partial charge in [0.15, 0.2) is 0 Å². The lowest BCUT2D eigenvalue weighted by molar-refractivity contribution is -0.138. The van der Waals surface area contributed by atoms with Gasteiger partial charge in [0.2, 0.25) is 11.8 Å². The van der Waals surface area contributed by atoms with E-state index in [-0.39, 0.29) is 17.9 Å². The number of carbonyl (C=O) groups is 2. The summed E-state index contributed by atoms with van der Waals surface area (Å²) in [6, 6.07) is 15.8. The molecule has 30 heavy (non-hydrogen) atoms. The second-order valence-electron chi connectivity index (χ2n) is 7.92. The first-order chi connectivity index (χ1) is 14.4. The molecule has 1 saturated carbocycles. The van der Waals surface area contributed by atoms with Crippen LogP contribution in [0.3, 0.4) is 0 Å². The third kappa shape index (κ3) is 6.61. The number of nitrogens with one attached hydrogen (secondary N) is 1. The molecule has 1 atom stereocenters. The summed E-state index contributed by atoms with van der Waals surface area (Å²) in [4.78, 5) is 28.8.